The van der Waals surface area contributed by atoms with Crippen LogP contribution in [0.4, 0.5) is 0 Å². The van der Waals surface area contributed by atoms with Crippen molar-refractivity contribution in [2.45, 2.75) is 31.7 Å². The van der Waals surface area contributed by atoms with Crippen molar-refractivity contribution in [3.63, 3.8) is 0 Å². The molecule has 3 nitrogen and oxygen atoms in total. The number of ketones is 1. The summed E-state index contributed by atoms with van der Waals surface area (Å²) in [4.78, 5) is 15.9. The minimum absolute atomic E-state index is 0.0743. The lowest BCUT2D eigenvalue weighted by atomic mass is 9.94. The van der Waals surface area contributed by atoms with Crippen LogP contribution in [0.25, 0.3) is 0 Å². The first-order valence-electron chi connectivity index (χ1n) is 5.44. The maximum absolute atomic E-state index is 11.9. The van der Waals surface area contributed by atoms with Crippen molar-refractivity contribution in [3.8, 4) is 0 Å². The summed E-state index contributed by atoms with van der Waals surface area (Å²) >= 11 is 0. The highest BCUT2D eigenvalue weighted by molar-refractivity contribution is 5.84. The molecule has 0 amide bonds. The van der Waals surface area contributed by atoms with Gasteiger partial charge in [-0.15, -0.1) is 0 Å². The summed E-state index contributed by atoms with van der Waals surface area (Å²) in [6.07, 6.45) is 6.98. The third-order valence-corrected chi connectivity index (χ3v) is 3.08. The molecular formula is C12H16N2O. The Morgan fingerprint density at radius 2 is 2.40 bits per heavy atom. The van der Waals surface area contributed by atoms with E-state index < -0.39 is 0 Å². The van der Waals surface area contributed by atoms with Crippen molar-refractivity contribution in [3.05, 3.63) is 30.1 Å². The number of nitrogens with zero attached hydrogens (tertiary/aromatic N) is 1. The van der Waals surface area contributed by atoms with Crippen LogP contribution in [0.3, 0.4) is 0 Å². The van der Waals surface area contributed by atoms with E-state index in [4.69, 9.17) is 5.73 Å². The molecular weight excluding hydrogens is 188 g/mol. The second kappa shape index (κ2) is 4.53. The quantitative estimate of drug-likeness (QED) is 0.808. The number of rotatable bonds is 3. The zero-order valence-electron chi connectivity index (χ0n) is 8.73. The SMILES string of the molecule is NC1CCCC1C(=O)Cc1cccnc1. The zero-order chi connectivity index (χ0) is 10.7. The number of Topliss-reactive ketones (excluding diaryl/α,β-unsaturated/α-hetero) is 1. The Bertz CT molecular complexity index is 337. The first-order valence-corrected chi connectivity index (χ1v) is 5.44. The van der Waals surface area contributed by atoms with Crippen molar-refractivity contribution in [2.24, 2.45) is 11.7 Å². The van der Waals surface area contributed by atoms with Gasteiger partial charge in [-0.05, 0) is 24.5 Å². The molecule has 80 valence electrons. The minimum atomic E-state index is 0.0743. The van der Waals surface area contributed by atoms with Gasteiger partial charge in [0.25, 0.3) is 0 Å². The van der Waals surface area contributed by atoms with Crippen LogP contribution in [-0.4, -0.2) is 16.8 Å². The summed E-state index contributed by atoms with van der Waals surface area (Å²) in [7, 11) is 0. The highest BCUT2D eigenvalue weighted by Gasteiger charge is 2.29. The predicted molar refractivity (Wildman–Crippen MR) is 58.3 cm³/mol. The monoisotopic (exact) mass is 204 g/mol. The number of pyridine rings is 1. The van der Waals surface area contributed by atoms with Crippen LogP contribution in [0.5, 0.6) is 0 Å². The van der Waals surface area contributed by atoms with Gasteiger partial charge in [0, 0.05) is 30.8 Å². The largest absolute Gasteiger partial charge is 0.327 e. The van der Waals surface area contributed by atoms with Gasteiger partial charge in [0.1, 0.15) is 5.78 Å². The number of aromatic nitrogens is 1. The Hall–Kier alpha value is -1.22. The Morgan fingerprint density at radius 1 is 1.53 bits per heavy atom. The molecule has 1 saturated carbocycles. The van der Waals surface area contributed by atoms with Crippen LogP contribution >= 0.6 is 0 Å². The Balaban J connectivity index is 1.98. The van der Waals surface area contributed by atoms with Crippen molar-refractivity contribution < 1.29 is 4.79 Å². The Kier molecular flexibility index (Phi) is 3.11. The maximum Gasteiger partial charge on any atom is 0.141 e. The van der Waals surface area contributed by atoms with Gasteiger partial charge in [0.2, 0.25) is 0 Å². The summed E-state index contributed by atoms with van der Waals surface area (Å²) in [5.74, 6) is 0.346. The second-order valence-electron chi connectivity index (χ2n) is 4.21. The first-order chi connectivity index (χ1) is 7.27. The summed E-state index contributed by atoms with van der Waals surface area (Å²) in [6.45, 7) is 0. The van der Waals surface area contributed by atoms with E-state index in [1.807, 2.05) is 12.1 Å². The second-order valence-corrected chi connectivity index (χ2v) is 4.21. The molecule has 0 radical (unpaired) electrons. The normalized spacial score (nSPS) is 25.4. The number of carbonyl (C=O) groups excluding carboxylic acids is 1. The van der Waals surface area contributed by atoms with Crippen LogP contribution in [0.2, 0.25) is 0 Å². The minimum Gasteiger partial charge on any atom is -0.327 e. The fraction of sp³-hybridized carbons (Fsp3) is 0.500. The van der Waals surface area contributed by atoms with Gasteiger partial charge < -0.3 is 5.73 Å². The summed E-state index contributed by atoms with van der Waals surface area (Å²) in [5.41, 5.74) is 6.88. The first kappa shape index (κ1) is 10.3. The lowest BCUT2D eigenvalue weighted by Gasteiger charge is -2.13. The predicted octanol–water partition coefficient (Wildman–Crippen LogP) is 1.32. The van der Waals surface area contributed by atoms with E-state index in [1.165, 1.54) is 0 Å². The molecule has 15 heavy (non-hydrogen) atoms. The van der Waals surface area contributed by atoms with Gasteiger partial charge in [-0.1, -0.05) is 12.5 Å². The standard InChI is InChI=1S/C12H16N2O/c13-11-5-1-4-10(11)12(15)7-9-3-2-6-14-8-9/h2-3,6,8,10-11H,1,4-5,7,13H2. The smallest absolute Gasteiger partial charge is 0.141 e. The topological polar surface area (TPSA) is 56.0 Å². The molecule has 0 aliphatic heterocycles. The highest BCUT2D eigenvalue weighted by Crippen LogP contribution is 2.25. The van der Waals surface area contributed by atoms with Crippen LogP contribution in [0.1, 0.15) is 24.8 Å². The van der Waals surface area contributed by atoms with E-state index in [1.54, 1.807) is 12.4 Å². The van der Waals surface area contributed by atoms with E-state index in [9.17, 15) is 4.79 Å². The van der Waals surface area contributed by atoms with Crippen LogP contribution in [0.15, 0.2) is 24.5 Å². The number of nitrogens with two attached hydrogens (primary N) is 1. The molecule has 0 aromatic carbocycles. The van der Waals surface area contributed by atoms with Crippen LogP contribution in [-0.2, 0) is 11.2 Å². The summed E-state index contributed by atoms with van der Waals surface area (Å²) < 4.78 is 0. The van der Waals surface area contributed by atoms with E-state index in [-0.39, 0.29) is 17.7 Å². The average molecular weight is 204 g/mol. The molecule has 0 bridgehead atoms. The molecule has 0 saturated heterocycles. The third-order valence-electron chi connectivity index (χ3n) is 3.08. The lowest BCUT2D eigenvalue weighted by molar-refractivity contribution is -0.122. The van der Waals surface area contributed by atoms with Crippen molar-refractivity contribution >= 4 is 5.78 Å². The fourth-order valence-corrected chi connectivity index (χ4v) is 2.22. The van der Waals surface area contributed by atoms with Crippen molar-refractivity contribution in [1.29, 1.82) is 0 Å². The van der Waals surface area contributed by atoms with Crippen molar-refractivity contribution in [2.75, 3.05) is 0 Å². The summed E-state index contributed by atoms with van der Waals surface area (Å²) in [6, 6.07) is 3.87. The number of hydrogen-bond donors (Lipinski definition) is 1. The molecule has 1 aromatic rings. The summed E-state index contributed by atoms with van der Waals surface area (Å²) in [5, 5.41) is 0. The highest BCUT2D eigenvalue weighted by atomic mass is 16.1. The molecule has 0 spiro atoms. The molecule has 1 fully saturated rings. The molecule has 3 heteroatoms. The van der Waals surface area contributed by atoms with Crippen molar-refractivity contribution in [1.82, 2.24) is 4.98 Å². The van der Waals surface area contributed by atoms with Gasteiger partial charge >= 0.3 is 0 Å². The molecule has 1 heterocycles. The van der Waals surface area contributed by atoms with E-state index in [0.717, 1.165) is 24.8 Å². The van der Waals surface area contributed by atoms with Gasteiger partial charge in [0.15, 0.2) is 0 Å². The number of hydrogen-bond acceptors (Lipinski definition) is 3. The molecule has 1 aliphatic carbocycles. The molecule has 1 aromatic heterocycles. The Morgan fingerprint density at radius 3 is 3.00 bits per heavy atom. The van der Waals surface area contributed by atoms with Gasteiger partial charge in [-0.3, -0.25) is 9.78 Å². The molecule has 2 N–H and O–H groups in total. The molecule has 2 rings (SSSR count). The third kappa shape index (κ3) is 2.42. The average Bonchev–Trinajstić information content (AvgIpc) is 2.66. The van der Waals surface area contributed by atoms with Gasteiger partial charge in [0.05, 0.1) is 0 Å². The lowest BCUT2D eigenvalue weighted by Crippen LogP contribution is -2.31. The number of carbonyl (C=O) groups is 1. The maximum atomic E-state index is 11.9. The van der Waals surface area contributed by atoms with E-state index in [2.05, 4.69) is 4.98 Å². The van der Waals surface area contributed by atoms with Gasteiger partial charge in [-0.25, -0.2) is 0 Å². The van der Waals surface area contributed by atoms with E-state index in [0.29, 0.717) is 6.42 Å². The van der Waals surface area contributed by atoms with Gasteiger partial charge in [-0.2, -0.15) is 0 Å². The molecule has 2 unspecified atom stereocenters. The van der Waals surface area contributed by atoms with Crippen LogP contribution in [0, 0.1) is 5.92 Å². The zero-order valence-corrected chi connectivity index (χ0v) is 8.73. The molecule has 1 aliphatic rings. The Labute approximate surface area is 89.7 Å². The molecule has 2 atom stereocenters. The van der Waals surface area contributed by atoms with E-state index >= 15 is 0 Å². The fourth-order valence-electron chi connectivity index (χ4n) is 2.22. The van der Waals surface area contributed by atoms with Crippen LogP contribution < -0.4 is 5.73 Å².